The van der Waals surface area contributed by atoms with E-state index in [4.69, 9.17) is 23.2 Å². The van der Waals surface area contributed by atoms with Crippen LogP contribution < -0.4 is 0 Å². The molecule has 0 fully saturated rings. The molecule has 0 aliphatic heterocycles. The largest absolute Gasteiger partial charge is 0.252 e. The van der Waals surface area contributed by atoms with Crippen LogP contribution in [0.4, 0.5) is 0 Å². The van der Waals surface area contributed by atoms with Gasteiger partial charge in [-0.1, -0.05) is 35.3 Å². The van der Waals surface area contributed by atoms with Crippen molar-refractivity contribution in [1.82, 2.24) is 9.97 Å². The van der Waals surface area contributed by atoms with Crippen LogP contribution >= 0.6 is 23.2 Å². The van der Waals surface area contributed by atoms with Crippen molar-refractivity contribution in [2.75, 3.05) is 0 Å². The smallest absolute Gasteiger partial charge is 0.0902 e. The normalized spacial score (nSPS) is 10.8. The lowest BCUT2D eigenvalue weighted by atomic mass is 10.1. The van der Waals surface area contributed by atoms with Crippen molar-refractivity contribution in [3.05, 3.63) is 58.7 Å². The third kappa shape index (κ3) is 2.17. The predicted molar refractivity (Wildman–Crippen MR) is 75.0 cm³/mol. The van der Waals surface area contributed by atoms with E-state index in [1.807, 2.05) is 36.4 Å². The summed E-state index contributed by atoms with van der Waals surface area (Å²) in [4.78, 5) is 8.91. The Morgan fingerprint density at radius 1 is 0.778 bits per heavy atom. The van der Waals surface area contributed by atoms with Crippen LogP contribution in [0.1, 0.15) is 0 Å². The van der Waals surface area contributed by atoms with Gasteiger partial charge in [-0.15, -0.1) is 0 Å². The zero-order valence-electron chi connectivity index (χ0n) is 9.27. The molecule has 0 amide bonds. The van der Waals surface area contributed by atoms with E-state index in [0.29, 0.717) is 10.0 Å². The first-order chi connectivity index (χ1) is 8.72. The average Bonchev–Trinajstić information content (AvgIpc) is 2.39. The van der Waals surface area contributed by atoms with Gasteiger partial charge in [0.05, 0.1) is 22.9 Å². The molecule has 1 heterocycles. The highest BCUT2D eigenvalue weighted by Gasteiger charge is 2.03. The Kier molecular flexibility index (Phi) is 2.90. The van der Waals surface area contributed by atoms with Gasteiger partial charge in [0.2, 0.25) is 0 Å². The lowest BCUT2D eigenvalue weighted by molar-refractivity contribution is 1.29. The SMILES string of the molecule is Clc1ccc(-c2cnc3cc(Cl)ccc3n2)cc1. The molecule has 2 nitrogen and oxygen atoms in total. The molecule has 0 N–H and O–H groups in total. The minimum atomic E-state index is 0.663. The van der Waals surface area contributed by atoms with Crippen LogP contribution in [0.15, 0.2) is 48.7 Å². The number of hydrogen-bond donors (Lipinski definition) is 0. The van der Waals surface area contributed by atoms with Gasteiger partial charge in [0.1, 0.15) is 0 Å². The molecular formula is C14H8Cl2N2. The molecule has 0 aliphatic rings. The first-order valence-corrected chi connectivity index (χ1v) is 6.16. The van der Waals surface area contributed by atoms with E-state index >= 15 is 0 Å². The van der Waals surface area contributed by atoms with Crippen LogP contribution in [-0.2, 0) is 0 Å². The van der Waals surface area contributed by atoms with Crippen molar-refractivity contribution in [2.45, 2.75) is 0 Å². The third-order valence-corrected chi connectivity index (χ3v) is 3.13. The van der Waals surface area contributed by atoms with Gasteiger partial charge < -0.3 is 0 Å². The molecular weight excluding hydrogens is 267 g/mol. The average molecular weight is 275 g/mol. The quantitative estimate of drug-likeness (QED) is 0.648. The lowest BCUT2D eigenvalue weighted by Gasteiger charge is -2.03. The van der Waals surface area contributed by atoms with Crippen molar-refractivity contribution in [3.8, 4) is 11.3 Å². The summed E-state index contributed by atoms with van der Waals surface area (Å²) in [6.45, 7) is 0. The van der Waals surface area contributed by atoms with Crippen LogP contribution in [0.3, 0.4) is 0 Å². The van der Waals surface area contributed by atoms with Gasteiger partial charge in [-0.05, 0) is 30.3 Å². The number of halogens is 2. The standard InChI is InChI=1S/C14H8Cl2N2/c15-10-3-1-9(2-4-10)14-8-17-13-7-11(16)5-6-12(13)18-14/h1-8H. The molecule has 1 aromatic heterocycles. The first kappa shape index (κ1) is 11.5. The number of fused-ring (bicyclic) bond motifs is 1. The molecule has 88 valence electrons. The van der Waals surface area contributed by atoms with Gasteiger partial charge in [-0.3, -0.25) is 4.98 Å². The van der Waals surface area contributed by atoms with E-state index in [1.54, 1.807) is 12.3 Å². The molecule has 0 aliphatic carbocycles. The van der Waals surface area contributed by atoms with Crippen LogP contribution in [0.25, 0.3) is 22.3 Å². The molecule has 0 atom stereocenters. The molecule has 0 unspecified atom stereocenters. The molecule has 18 heavy (non-hydrogen) atoms. The Bertz CT molecular complexity index is 709. The fraction of sp³-hybridized carbons (Fsp3) is 0. The Hall–Kier alpha value is -1.64. The molecule has 3 aromatic rings. The maximum Gasteiger partial charge on any atom is 0.0902 e. The zero-order chi connectivity index (χ0) is 12.5. The summed E-state index contributed by atoms with van der Waals surface area (Å²) in [5, 5.41) is 1.37. The summed E-state index contributed by atoms with van der Waals surface area (Å²) in [5.41, 5.74) is 3.43. The van der Waals surface area contributed by atoms with Crippen molar-refractivity contribution < 1.29 is 0 Å². The van der Waals surface area contributed by atoms with E-state index in [-0.39, 0.29) is 0 Å². The van der Waals surface area contributed by atoms with Gasteiger partial charge >= 0.3 is 0 Å². The summed E-state index contributed by atoms with van der Waals surface area (Å²) < 4.78 is 0. The van der Waals surface area contributed by atoms with Gasteiger partial charge in [0.15, 0.2) is 0 Å². The van der Waals surface area contributed by atoms with Crippen LogP contribution in [-0.4, -0.2) is 9.97 Å². The number of aromatic nitrogens is 2. The maximum atomic E-state index is 5.91. The number of rotatable bonds is 1. The molecule has 0 spiro atoms. The van der Waals surface area contributed by atoms with E-state index in [9.17, 15) is 0 Å². The molecule has 0 saturated heterocycles. The number of hydrogen-bond acceptors (Lipinski definition) is 2. The summed E-state index contributed by atoms with van der Waals surface area (Å²) in [6.07, 6.45) is 1.74. The molecule has 0 saturated carbocycles. The van der Waals surface area contributed by atoms with E-state index in [2.05, 4.69) is 9.97 Å². The highest BCUT2D eigenvalue weighted by Crippen LogP contribution is 2.22. The number of nitrogens with zero attached hydrogens (tertiary/aromatic N) is 2. The minimum absolute atomic E-state index is 0.663. The summed E-state index contributed by atoms with van der Waals surface area (Å²) in [6, 6.07) is 13.0. The zero-order valence-corrected chi connectivity index (χ0v) is 10.8. The topological polar surface area (TPSA) is 25.8 Å². The van der Waals surface area contributed by atoms with Crippen LogP contribution in [0, 0.1) is 0 Å². The Labute approximate surface area is 114 Å². The molecule has 0 bridgehead atoms. The van der Waals surface area contributed by atoms with Crippen molar-refractivity contribution in [1.29, 1.82) is 0 Å². The van der Waals surface area contributed by atoms with Gasteiger partial charge in [-0.25, -0.2) is 4.98 Å². The Morgan fingerprint density at radius 2 is 1.50 bits per heavy atom. The fourth-order valence-electron chi connectivity index (χ4n) is 1.74. The van der Waals surface area contributed by atoms with E-state index in [1.165, 1.54) is 0 Å². The predicted octanol–water partition coefficient (Wildman–Crippen LogP) is 4.60. The second kappa shape index (κ2) is 4.56. The van der Waals surface area contributed by atoms with E-state index in [0.717, 1.165) is 22.3 Å². The molecule has 4 heteroatoms. The summed E-state index contributed by atoms with van der Waals surface area (Å²) >= 11 is 11.8. The summed E-state index contributed by atoms with van der Waals surface area (Å²) in [7, 11) is 0. The van der Waals surface area contributed by atoms with Crippen LogP contribution in [0.2, 0.25) is 10.0 Å². The monoisotopic (exact) mass is 274 g/mol. The Morgan fingerprint density at radius 3 is 2.28 bits per heavy atom. The van der Waals surface area contributed by atoms with Gasteiger partial charge in [0.25, 0.3) is 0 Å². The van der Waals surface area contributed by atoms with Crippen molar-refractivity contribution >= 4 is 34.2 Å². The van der Waals surface area contributed by atoms with Crippen molar-refractivity contribution in [3.63, 3.8) is 0 Å². The third-order valence-electron chi connectivity index (χ3n) is 2.64. The molecule has 2 aromatic carbocycles. The summed E-state index contributed by atoms with van der Waals surface area (Å²) in [5.74, 6) is 0. The number of benzene rings is 2. The molecule has 3 rings (SSSR count). The molecule has 0 radical (unpaired) electrons. The lowest BCUT2D eigenvalue weighted by Crippen LogP contribution is -1.88. The van der Waals surface area contributed by atoms with E-state index < -0.39 is 0 Å². The van der Waals surface area contributed by atoms with Crippen LogP contribution in [0.5, 0.6) is 0 Å². The highest BCUT2D eigenvalue weighted by molar-refractivity contribution is 6.31. The van der Waals surface area contributed by atoms with Gasteiger partial charge in [-0.2, -0.15) is 0 Å². The minimum Gasteiger partial charge on any atom is -0.252 e. The Balaban J connectivity index is 2.13. The second-order valence-electron chi connectivity index (χ2n) is 3.90. The first-order valence-electron chi connectivity index (χ1n) is 5.41. The highest BCUT2D eigenvalue weighted by atomic mass is 35.5. The fourth-order valence-corrected chi connectivity index (χ4v) is 2.04. The maximum absolute atomic E-state index is 5.91. The van der Waals surface area contributed by atoms with Gasteiger partial charge in [0, 0.05) is 15.6 Å². The van der Waals surface area contributed by atoms with Crippen molar-refractivity contribution in [2.24, 2.45) is 0 Å². The second-order valence-corrected chi connectivity index (χ2v) is 4.77.